The van der Waals surface area contributed by atoms with Gasteiger partial charge >= 0.3 is 0 Å². The van der Waals surface area contributed by atoms with Crippen molar-refractivity contribution in [2.24, 2.45) is 5.92 Å². The Morgan fingerprint density at radius 2 is 1.17 bits per heavy atom. The van der Waals surface area contributed by atoms with Crippen LogP contribution < -0.4 is 9.80 Å². The monoisotopic (exact) mass is 915 g/mol. The van der Waals surface area contributed by atoms with E-state index in [1.807, 2.05) is 6.08 Å². The molecule has 0 spiro atoms. The van der Waals surface area contributed by atoms with E-state index in [2.05, 4.69) is 250 Å². The van der Waals surface area contributed by atoms with E-state index in [0.29, 0.717) is 0 Å². The van der Waals surface area contributed by atoms with E-state index in [4.69, 9.17) is 6.58 Å². The average Bonchev–Trinajstić information content (AvgIpc) is 3.54. The fraction of sp³-hybridized carbons (Fsp3) is 0.403. The molecule has 0 N–H and O–H groups in total. The molecule has 5 aromatic rings. The summed E-state index contributed by atoms with van der Waals surface area (Å²) in [6.07, 6.45) is 15.4. The molecule has 0 amide bonds. The normalized spacial score (nSPS) is 18.3. The second-order valence-corrected chi connectivity index (χ2v) is 25.8. The van der Waals surface area contributed by atoms with Crippen molar-refractivity contribution in [3.63, 3.8) is 0 Å². The first kappa shape index (κ1) is 49.8. The van der Waals surface area contributed by atoms with E-state index in [9.17, 15) is 0 Å². The van der Waals surface area contributed by atoms with Crippen LogP contribution in [0, 0.1) is 26.7 Å². The first-order valence-corrected chi connectivity index (χ1v) is 25.6. The van der Waals surface area contributed by atoms with Crippen molar-refractivity contribution >= 4 is 34.5 Å². The largest absolute Gasteiger partial charge is 0.310 e. The van der Waals surface area contributed by atoms with Gasteiger partial charge in [-0.25, -0.2) is 0 Å². The minimum absolute atomic E-state index is 0.00447. The molecule has 69 heavy (non-hydrogen) atoms. The molecule has 1 unspecified atom stereocenters. The van der Waals surface area contributed by atoms with Crippen LogP contribution in [-0.2, 0) is 32.5 Å². The molecule has 2 heteroatoms. The average molecular weight is 915 g/mol. The maximum Gasteiger partial charge on any atom is 0.0558 e. The SMILES string of the molecule is C=C/C=C\C(C)C1=CC(=C)N(c2cc(C(C)(C)C)ccc2C)c2cc(C)cc(N(c3cc4c(cc3C)C(C)(C)CC4(C)C)c3ccc(C(C)(C)C)cc3-c3ccc4c(c3)C(C)(C)CC4(C)C)c2C=C1. The summed E-state index contributed by atoms with van der Waals surface area (Å²) in [5.41, 5.74) is 23.8. The molecule has 8 rings (SSSR count). The zero-order valence-electron chi connectivity index (χ0n) is 45.8. The molecular formula is C67H82N2. The van der Waals surface area contributed by atoms with Gasteiger partial charge < -0.3 is 9.80 Å². The van der Waals surface area contributed by atoms with Crippen LogP contribution in [0.15, 0.2) is 134 Å². The fourth-order valence-electron chi connectivity index (χ4n) is 12.5. The van der Waals surface area contributed by atoms with E-state index < -0.39 is 0 Å². The van der Waals surface area contributed by atoms with Crippen molar-refractivity contribution in [2.45, 2.75) is 170 Å². The molecule has 0 aromatic heterocycles. The van der Waals surface area contributed by atoms with Crippen molar-refractivity contribution in [3.8, 4) is 11.1 Å². The van der Waals surface area contributed by atoms with Gasteiger partial charge in [-0.1, -0.05) is 190 Å². The zero-order chi connectivity index (χ0) is 50.6. The molecule has 0 radical (unpaired) electrons. The minimum atomic E-state index is -0.0591. The zero-order valence-corrected chi connectivity index (χ0v) is 45.8. The third-order valence-corrected chi connectivity index (χ3v) is 15.9. The Labute approximate surface area is 418 Å². The van der Waals surface area contributed by atoms with Gasteiger partial charge in [0.2, 0.25) is 0 Å². The highest BCUT2D eigenvalue weighted by Gasteiger charge is 2.44. The number of rotatable bonds is 8. The van der Waals surface area contributed by atoms with Crippen LogP contribution in [0.1, 0.15) is 172 Å². The van der Waals surface area contributed by atoms with Crippen molar-refractivity contribution in [1.82, 2.24) is 0 Å². The van der Waals surface area contributed by atoms with Crippen molar-refractivity contribution in [3.05, 3.63) is 189 Å². The lowest BCUT2D eigenvalue weighted by Crippen LogP contribution is -2.22. The summed E-state index contributed by atoms with van der Waals surface area (Å²) < 4.78 is 0. The highest BCUT2D eigenvalue weighted by molar-refractivity contribution is 5.96. The molecule has 0 bridgehead atoms. The Kier molecular flexibility index (Phi) is 12.3. The lowest BCUT2D eigenvalue weighted by molar-refractivity contribution is 0.402. The molecule has 2 nitrogen and oxygen atoms in total. The van der Waals surface area contributed by atoms with Crippen molar-refractivity contribution in [1.29, 1.82) is 0 Å². The number of nitrogens with zero attached hydrogens (tertiary/aromatic N) is 2. The number of hydrogen-bond acceptors (Lipinski definition) is 2. The number of anilines is 5. The molecule has 3 aliphatic rings. The summed E-state index contributed by atoms with van der Waals surface area (Å²) in [5, 5.41) is 0. The van der Waals surface area contributed by atoms with E-state index >= 15 is 0 Å². The number of benzene rings is 5. The highest BCUT2D eigenvalue weighted by Crippen LogP contribution is 2.56. The maximum absolute atomic E-state index is 4.92. The van der Waals surface area contributed by atoms with E-state index in [1.54, 1.807) is 0 Å². The molecule has 360 valence electrons. The third-order valence-electron chi connectivity index (χ3n) is 15.9. The molecule has 1 aliphatic heterocycles. The van der Waals surface area contributed by atoms with Crippen LogP contribution in [-0.4, -0.2) is 0 Å². The summed E-state index contributed by atoms with van der Waals surface area (Å²) in [7, 11) is 0. The summed E-state index contributed by atoms with van der Waals surface area (Å²) in [6, 6.07) is 31.6. The molecule has 1 atom stereocenters. The molecule has 1 heterocycles. The number of fused-ring (bicyclic) bond motifs is 3. The first-order chi connectivity index (χ1) is 31.9. The molecule has 0 fully saturated rings. The summed E-state index contributed by atoms with van der Waals surface area (Å²) in [4.78, 5) is 5.08. The second kappa shape index (κ2) is 17.1. The quantitative estimate of drug-likeness (QED) is 0.143. The summed E-state index contributed by atoms with van der Waals surface area (Å²) >= 11 is 0. The molecule has 5 aromatic carbocycles. The number of hydrogen-bond donors (Lipinski definition) is 0. The number of aryl methyl sites for hydroxylation is 3. The predicted molar refractivity (Wildman–Crippen MR) is 303 cm³/mol. The second-order valence-electron chi connectivity index (χ2n) is 25.8. The van der Waals surface area contributed by atoms with Gasteiger partial charge in [0, 0.05) is 28.2 Å². The van der Waals surface area contributed by atoms with Crippen LogP contribution >= 0.6 is 0 Å². The molecule has 0 saturated heterocycles. The third kappa shape index (κ3) is 9.07. The van der Waals surface area contributed by atoms with Gasteiger partial charge in [-0.15, -0.1) is 0 Å². The predicted octanol–water partition coefficient (Wildman–Crippen LogP) is 19.2. The summed E-state index contributed by atoms with van der Waals surface area (Å²) in [5.74, 6) is 0.126. The Hall–Kier alpha value is -5.60. The Bertz CT molecular complexity index is 2990. The van der Waals surface area contributed by atoms with Gasteiger partial charge in [-0.2, -0.15) is 0 Å². The van der Waals surface area contributed by atoms with Crippen LogP contribution in [0.2, 0.25) is 0 Å². The fourth-order valence-corrected chi connectivity index (χ4v) is 12.5. The smallest absolute Gasteiger partial charge is 0.0558 e. The van der Waals surface area contributed by atoms with Crippen molar-refractivity contribution < 1.29 is 0 Å². The maximum atomic E-state index is 4.92. The standard InChI is InChI=1S/C67H82N2/c1-21-22-23-43(3)47-25-29-51-60(68(46(6)35-47)58-38-50(63(10,11)12)27-24-44(58)4)32-42(2)33-61(51)69(59-39-56-54(34-45(59)5)65(15,16)41-67(56,19)20)57-31-28-49(62(7,8)9)37-52(57)48-26-30-53-55(36-48)66(17,18)40-64(53,13)14/h21-39,43H,1,6,40-41H2,2-5,7-20H3/b23-22-,29-25?,47-35?. The number of allylic oxidation sites excluding steroid dienone is 6. The Morgan fingerprint density at radius 1 is 0.594 bits per heavy atom. The van der Waals surface area contributed by atoms with Crippen LogP contribution in [0.4, 0.5) is 28.4 Å². The van der Waals surface area contributed by atoms with Gasteiger partial charge in [0.25, 0.3) is 0 Å². The molecule has 0 saturated carbocycles. The van der Waals surface area contributed by atoms with Gasteiger partial charge in [0.15, 0.2) is 0 Å². The molecular weight excluding hydrogens is 833 g/mol. The van der Waals surface area contributed by atoms with Crippen LogP contribution in [0.5, 0.6) is 0 Å². The Morgan fingerprint density at radius 3 is 1.80 bits per heavy atom. The van der Waals surface area contributed by atoms with E-state index in [-0.39, 0.29) is 38.4 Å². The Balaban J connectivity index is 1.52. The van der Waals surface area contributed by atoms with Crippen LogP contribution in [0.25, 0.3) is 17.2 Å². The van der Waals surface area contributed by atoms with E-state index in [0.717, 1.165) is 41.2 Å². The van der Waals surface area contributed by atoms with Gasteiger partial charge in [-0.05, 0) is 176 Å². The van der Waals surface area contributed by atoms with Crippen molar-refractivity contribution in [2.75, 3.05) is 9.80 Å². The van der Waals surface area contributed by atoms with Gasteiger partial charge in [-0.3, -0.25) is 0 Å². The molecule has 2 aliphatic carbocycles. The highest BCUT2D eigenvalue weighted by atomic mass is 15.2. The van der Waals surface area contributed by atoms with Gasteiger partial charge in [0.1, 0.15) is 0 Å². The first-order valence-electron chi connectivity index (χ1n) is 25.6. The van der Waals surface area contributed by atoms with Crippen LogP contribution in [0.3, 0.4) is 0 Å². The lowest BCUT2D eigenvalue weighted by atomic mass is 9.81. The van der Waals surface area contributed by atoms with Gasteiger partial charge in [0.05, 0.1) is 17.1 Å². The lowest BCUT2D eigenvalue weighted by Gasteiger charge is -2.37. The topological polar surface area (TPSA) is 6.48 Å². The summed E-state index contributed by atoms with van der Waals surface area (Å²) in [6.45, 7) is 51.4. The minimum Gasteiger partial charge on any atom is -0.310 e. The van der Waals surface area contributed by atoms with E-state index in [1.165, 1.54) is 78.1 Å².